The van der Waals surface area contributed by atoms with E-state index in [4.69, 9.17) is 10.00 Å². The van der Waals surface area contributed by atoms with E-state index in [0.29, 0.717) is 12.5 Å². The van der Waals surface area contributed by atoms with Crippen molar-refractivity contribution in [1.29, 1.82) is 5.26 Å². The molecular weight excluding hydrogens is 285 g/mol. The highest BCUT2D eigenvalue weighted by Gasteiger charge is 2.19. The summed E-state index contributed by atoms with van der Waals surface area (Å²) in [4.78, 5) is 13.8. The van der Waals surface area contributed by atoms with Gasteiger partial charge in [-0.05, 0) is 51.0 Å². The maximum absolute atomic E-state index is 14.0. The quantitative estimate of drug-likeness (QED) is 0.907. The van der Waals surface area contributed by atoms with Crippen LogP contribution in [-0.4, -0.2) is 37.6 Å². The summed E-state index contributed by atoms with van der Waals surface area (Å²) in [7, 11) is 2.08. The molecule has 0 bridgehead atoms. The molecule has 0 aromatic heterocycles. The van der Waals surface area contributed by atoms with Crippen LogP contribution in [0.1, 0.15) is 19.3 Å². The van der Waals surface area contributed by atoms with E-state index >= 15 is 0 Å². The molecule has 22 heavy (non-hydrogen) atoms. The highest BCUT2D eigenvalue weighted by molar-refractivity contribution is 5.93. The summed E-state index contributed by atoms with van der Waals surface area (Å²) >= 11 is 0. The van der Waals surface area contributed by atoms with Gasteiger partial charge in [-0.15, -0.1) is 0 Å². The van der Waals surface area contributed by atoms with Crippen LogP contribution >= 0.6 is 0 Å². The molecule has 0 spiro atoms. The molecule has 6 heteroatoms. The van der Waals surface area contributed by atoms with Gasteiger partial charge in [-0.2, -0.15) is 5.26 Å². The van der Waals surface area contributed by atoms with Gasteiger partial charge in [0.05, 0.1) is 18.4 Å². The zero-order valence-electron chi connectivity index (χ0n) is 12.6. The Balaban J connectivity index is 2.00. The molecule has 0 atom stereocenters. The average molecular weight is 305 g/mol. The molecule has 1 saturated heterocycles. The fourth-order valence-corrected chi connectivity index (χ4v) is 2.45. The minimum Gasteiger partial charge on any atom is -0.488 e. The third kappa shape index (κ3) is 4.43. The number of carbonyl (C=O) groups is 1. The number of piperidine rings is 1. The third-order valence-corrected chi connectivity index (χ3v) is 3.78. The number of amides is 1. The van der Waals surface area contributed by atoms with E-state index in [0.717, 1.165) is 25.9 Å². The minimum absolute atomic E-state index is 0.0488. The molecule has 0 unspecified atom stereocenters. The molecule has 5 nitrogen and oxygen atoms in total. The van der Waals surface area contributed by atoms with Crippen molar-refractivity contribution in [3.63, 3.8) is 0 Å². The lowest BCUT2D eigenvalue weighted by Crippen LogP contribution is -2.32. The predicted octanol–water partition coefficient (Wildman–Crippen LogP) is 2.40. The number of hydrogen-bond donors (Lipinski definition) is 1. The highest BCUT2D eigenvalue weighted by Crippen LogP contribution is 2.29. The van der Waals surface area contributed by atoms with Crippen LogP contribution < -0.4 is 10.1 Å². The van der Waals surface area contributed by atoms with Gasteiger partial charge in [0.1, 0.15) is 6.42 Å². The maximum Gasteiger partial charge on any atom is 0.238 e. The van der Waals surface area contributed by atoms with Gasteiger partial charge in [0.25, 0.3) is 0 Å². The Morgan fingerprint density at radius 2 is 2.23 bits per heavy atom. The van der Waals surface area contributed by atoms with Gasteiger partial charge < -0.3 is 15.0 Å². The molecule has 1 heterocycles. The van der Waals surface area contributed by atoms with E-state index in [1.54, 1.807) is 12.1 Å². The number of carbonyl (C=O) groups excluding carboxylic acids is 1. The van der Waals surface area contributed by atoms with Gasteiger partial charge >= 0.3 is 0 Å². The smallest absolute Gasteiger partial charge is 0.238 e. The Morgan fingerprint density at radius 3 is 2.91 bits per heavy atom. The molecule has 1 aromatic carbocycles. The number of para-hydroxylation sites is 1. The molecular formula is C16H20FN3O2. The number of anilines is 1. The summed E-state index contributed by atoms with van der Waals surface area (Å²) in [6.45, 7) is 2.45. The van der Waals surface area contributed by atoms with Crippen molar-refractivity contribution in [2.45, 2.75) is 19.3 Å². The molecule has 0 aliphatic carbocycles. The molecule has 2 rings (SSSR count). The first kappa shape index (κ1) is 16.2. The van der Waals surface area contributed by atoms with Crippen molar-refractivity contribution in [2.75, 3.05) is 32.1 Å². The summed E-state index contributed by atoms with van der Waals surface area (Å²) in [5.74, 6) is -0.550. The summed E-state index contributed by atoms with van der Waals surface area (Å²) in [5, 5.41) is 11.0. The number of nitrogens with one attached hydrogen (secondary N) is 1. The van der Waals surface area contributed by atoms with E-state index in [1.165, 1.54) is 12.1 Å². The molecule has 1 aliphatic rings. The van der Waals surface area contributed by atoms with Gasteiger partial charge in [0, 0.05) is 0 Å². The van der Waals surface area contributed by atoms with E-state index < -0.39 is 11.7 Å². The fraction of sp³-hybridized carbons (Fsp3) is 0.500. The summed E-state index contributed by atoms with van der Waals surface area (Å²) in [5.41, 5.74) is 0.271. The van der Waals surface area contributed by atoms with Gasteiger partial charge in [0.2, 0.25) is 5.91 Å². The number of hydrogen-bond acceptors (Lipinski definition) is 4. The van der Waals surface area contributed by atoms with Crippen LogP contribution in [-0.2, 0) is 4.79 Å². The zero-order chi connectivity index (χ0) is 15.9. The van der Waals surface area contributed by atoms with Gasteiger partial charge in [0.15, 0.2) is 11.6 Å². The molecule has 1 aromatic rings. The van der Waals surface area contributed by atoms with Crippen LogP contribution in [0, 0.1) is 23.1 Å². The lowest BCUT2D eigenvalue weighted by atomic mass is 9.98. The van der Waals surface area contributed by atoms with Crippen LogP contribution in [0.5, 0.6) is 5.75 Å². The zero-order valence-corrected chi connectivity index (χ0v) is 12.6. The average Bonchev–Trinajstić information content (AvgIpc) is 2.49. The van der Waals surface area contributed by atoms with Gasteiger partial charge in [-0.3, -0.25) is 4.79 Å². The van der Waals surface area contributed by atoms with E-state index in [9.17, 15) is 9.18 Å². The Bertz CT molecular complexity index is 563. The second-order valence-corrected chi connectivity index (χ2v) is 5.56. The molecule has 0 radical (unpaired) electrons. The Morgan fingerprint density at radius 1 is 1.50 bits per heavy atom. The topological polar surface area (TPSA) is 65.4 Å². The summed E-state index contributed by atoms with van der Waals surface area (Å²) in [6, 6.07) is 6.13. The number of benzene rings is 1. The van der Waals surface area contributed by atoms with Crippen LogP contribution in [0.15, 0.2) is 18.2 Å². The first-order valence-electron chi connectivity index (χ1n) is 7.37. The summed E-state index contributed by atoms with van der Waals surface area (Å²) in [6.07, 6.45) is 1.76. The normalized spacial score (nSPS) is 16.0. The molecule has 1 aliphatic heterocycles. The number of halogens is 1. The second-order valence-electron chi connectivity index (χ2n) is 5.56. The Labute approximate surface area is 129 Å². The highest BCUT2D eigenvalue weighted by atomic mass is 19.1. The fourth-order valence-electron chi connectivity index (χ4n) is 2.45. The minimum atomic E-state index is -0.511. The van der Waals surface area contributed by atoms with Gasteiger partial charge in [-0.1, -0.05) is 6.07 Å². The van der Waals surface area contributed by atoms with E-state index in [1.807, 2.05) is 0 Å². The van der Waals surface area contributed by atoms with Gasteiger partial charge in [-0.25, -0.2) is 4.39 Å². The monoisotopic (exact) mass is 305 g/mol. The van der Waals surface area contributed by atoms with Crippen LogP contribution in [0.2, 0.25) is 0 Å². The van der Waals surface area contributed by atoms with E-state index in [2.05, 4.69) is 17.3 Å². The molecule has 1 amide bonds. The number of nitrogens with zero attached hydrogens (tertiary/aromatic N) is 2. The van der Waals surface area contributed by atoms with Crippen molar-refractivity contribution in [1.82, 2.24) is 4.90 Å². The van der Waals surface area contributed by atoms with Crippen LogP contribution in [0.25, 0.3) is 0 Å². The van der Waals surface area contributed by atoms with E-state index in [-0.39, 0.29) is 17.9 Å². The SMILES string of the molecule is CN1CCC(COc2c(F)cccc2NC(=O)CC#N)CC1. The van der Waals surface area contributed by atoms with Crippen molar-refractivity contribution in [3.8, 4) is 11.8 Å². The van der Waals surface area contributed by atoms with Crippen molar-refractivity contribution in [2.24, 2.45) is 5.92 Å². The molecule has 0 saturated carbocycles. The number of nitriles is 1. The largest absolute Gasteiger partial charge is 0.488 e. The lowest BCUT2D eigenvalue weighted by molar-refractivity contribution is -0.115. The number of ether oxygens (including phenoxy) is 1. The van der Waals surface area contributed by atoms with Crippen molar-refractivity contribution >= 4 is 11.6 Å². The molecule has 1 fully saturated rings. The Hall–Kier alpha value is -2.13. The second kappa shape index (κ2) is 7.76. The van der Waals surface area contributed by atoms with Crippen LogP contribution in [0.4, 0.5) is 10.1 Å². The van der Waals surface area contributed by atoms with Crippen molar-refractivity contribution in [3.05, 3.63) is 24.0 Å². The number of rotatable bonds is 5. The Kier molecular flexibility index (Phi) is 5.73. The first-order valence-corrected chi connectivity index (χ1v) is 7.37. The third-order valence-electron chi connectivity index (χ3n) is 3.78. The summed E-state index contributed by atoms with van der Waals surface area (Å²) < 4.78 is 19.6. The molecule has 1 N–H and O–H groups in total. The van der Waals surface area contributed by atoms with Crippen molar-refractivity contribution < 1.29 is 13.9 Å². The maximum atomic E-state index is 14.0. The lowest BCUT2D eigenvalue weighted by Gasteiger charge is -2.29. The standard InChI is InChI=1S/C16H20FN3O2/c1-20-9-6-12(7-10-20)11-22-16-13(17)3-2-4-14(16)19-15(21)5-8-18/h2-4,12H,5-7,9-11H2,1H3,(H,19,21). The predicted molar refractivity (Wildman–Crippen MR) is 81.0 cm³/mol. The molecule has 118 valence electrons. The first-order chi connectivity index (χ1) is 10.6. The number of likely N-dealkylation sites (tertiary alicyclic amines) is 1. The van der Waals surface area contributed by atoms with Crippen LogP contribution in [0.3, 0.4) is 0 Å².